The maximum absolute atomic E-state index is 12.8. The minimum absolute atomic E-state index is 0.0112. The molecule has 11 N–H and O–H groups in total. The number of benzene rings is 4. The van der Waals surface area contributed by atoms with Crippen LogP contribution in [0.5, 0.6) is 0 Å². The largest absolute Gasteiger partial charge is 0.481 e. The van der Waals surface area contributed by atoms with Gasteiger partial charge < -0.3 is 76.2 Å². The summed E-state index contributed by atoms with van der Waals surface area (Å²) in [5.41, 5.74) is 13.7. The molecule has 0 radical (unpaired) electrons. The predicted molar refractivity (Wildman–Crippen MR) is 267 cm³/mol. The van der Waals surface area contributed by atoms with Crippen molar-refractivity contribution in [1.29, 1.82) is 0 Å². The number of ether oxygens (including phenoxy) is 5. The molecular weight excluding hydrogens is 951 g/mol. The molecule has 73 heavy (non-hydrogen) atoms. The average molecular weight is 1020 g/mol. The lowest BCUT2D eigenvalue weighted by atomic mass is 9.98. The van der Waals surface area contributed by atoms with Gasteiger partial charge in [-0.05, 0) is 57.3 Å². The Bertz CT molecular complexity index is 2270. The number of nitrogens with two attached hydrogens (primary N) is 1. The number of rotatable bonds is 28. The van der Waals surface area contributed by atoms with Crippen molar-refractivity contribution in [2.24, 2.45) is 5.73 Å². The smallest absolute Gasteiger partial charge is 0.407 e. The molecule has 0 saturated heterocycles. The van der Waals surface area contributed by atoms with Gasteiger partial charge in [0.25, 0.3) is 0 Å². The van der Waals surface area contributed by atoms with E-state index < -0.39 is 42.1 Å². The van der Waals surface area contributed by atoms with Crippen LogP contribution < -0.4 is 27.0 Å². The van der Waals surface area contributed by atoms with E-state index in [1.165, 1.54) is 0 Å². The molecule has 0 heterocycles. The van der Waals surface area contributed by atoms with E-state index in [4.69, 9.17) is 55.0 Å². The molecule has 0 spiro atoms. The van der Waals surface area contributed by atoms with E-state index in [0.29, 0.717) is 19.8 Å². The van der Waals surface area contributed by atoms with Crippen molar-refractivity contribution in [1.82, 2.24) is 21.3 Å². The van der Waals surface area contributed by atoms with Crippen LogP contribution in [0.15, 0.2) is 97.1 Å². The number of aliphatic hydroxyl groups excluding tert-OH is 3. The molecule has 4 amide bonds. The Morgan fingerprint density at radius 2 is 0.890 bits per heavy atom. The first-order valence-electron chi connectivity index (χ1n) is 23.9. The van der Waals surface area contributed by atoms with Gasteiger partial charge in [0.1, 0.15) is 25.3 Å². The number of alkyl carbamates (subject to hydrolysis) is 2. The molecule has 2 unspecified atom stereocenters. The molecule has 6 rings (SSSR count). The molecule has 0 aliphatic heterocycles. The van der Waals surface area contributed by atoms with Crippen molar-refractivity contribution in [3.63, 3.8) is 0 Å². The van der Waals surface area contributed by atoms with Crippen LogP contribution in [0, 0.1) is 0 Å². The van der Waals surface area contributed by atoms with Gasteiger partial charge in [0.15, 0.2) is 0 Å². The van der Waals surface area contributed by atoms with E-state index in [9.17, 15) is 28.8 Å². The first kappa shape index (κ1) is 58.6. The van der Waals surface area contributed by atoms with Crippen LogP contribution in [0.4, 0.5) is 9.59 Å². The number of carboxylic acids is 2. The minimum atomic E-state index is -1.31. The van der Waals surface area contributed by atoms with Crippen LogP contribution in [0.3, 0.4) is 0 Å². The SMILES string of the molecule is NCCOCCO.O=C(CCC(NC(=O)OCC1c2ccccc2-c2ccccc21)C(=O)NCCOCCO)NCCOCCO.O=C(O)CCC(NC(=O)OCC1c2ccccc2-c2ccccc21)C(=O)O. The minimum Gasteiger partial charge on any atom is -0.481 e. The number of nitrogens with one attached hydrogen (secondary N) is 4. The molecule has 0 saturated carbocycles. The van der Waals surface area contributed by atoms with Gasteiger partial charge in [-0.3, -0.25) is 14.4 Å². The topological polar surface area (TPSA) is 324 Å². The second-order valence-corrected chi connectivity index (χ2v) is 16.3. The number of carboxylic acid groups (broad SMARTS) is 2. The normalized spacial score (nSPS) is 12.7. The van der Waals surface area contributed by atoms with Crippen molar-refractivity contribution < 1.29 is 78.0 Å². The Morgan fingerprint density at radius 1 is 0.507 bits per heavy atom. The molecule has 4 aromatic carbocycles. The fourth-order valence-corrected chi connectivity index (χ4v) is 7.94. The average Bonchev–Trinajstić information content (AvgIpc) is 3.89. The molecule has 2 atom stereocenters. The highest BCUT2D eigenvalue weighted by atomic mass is 16.6. The van der Waals surface area contributed by atoms with E-state index in [1.54, 1.807) is 0 Å². The highest BCUT2D eigenvalue weighted by Crippen LogP contribution is 2.45. The van der Waals surface area contributed by atoms with Crippen molar-refractivity contribution in [2.75, 3.05) is 92.3 Å². The number of carbonyl (C=O) groups is 6. The van der Waals surface area contributed by atoms with E-state index in [-0.39, 0.29) is 116 Å². The summed E-state index contributed by atoms with van der Waals surface area (Å²) in [5.74, 6) is -3.47. The van der Waals surface area contributed by atoms with Gasteiger partial charge in [-0.15, -0.1) is 0 Å². The lowest BCUT2D eigenvalue weighted by Crippen LogP contribution is -2.48. The summed E-state index contributed by atoms with van der Waals surface area (Å²) < 4.78 is 25.8. The lowest BCUT2D eigenvalue weighted by Gasteiger charge is -2.20. The molecule has 21 heteroatoms. The Labute approximate surface area is 423 Å². The second-order valence-electron chi connectivity index (χ2n) is 16.3. The van der Waals surface area contributed by atoms with Gasteiger partial charge in [0.2, 0.25) is 11.8 Å². The fraction of sp³-hybridized carbons (Fsp3) is 0.423. The number of fused-ring (bicyclic) bond motifs is 6. The van der Waals surface area contributed by atoms with Gasteiger partial charge in [0.05, 0.1) is 59.5 Å². The summed E-state index contributed by atoms with van der Waals surface area (Å²) in [7, 11) is 0. The predicted octanol–water partition coefficient (Wildman–Crippen LogP) is 2.72. The summed E-state index contributed by atoms with van der Waals surface area (Å²) in [6.45, 7) is 2.70. The Hall–Kier alpha value is -6.98. The van der Waals surface area contributed by atoms with Crippen molar-refractivity contribution >= 4 is 35.9 Å². The lowest BCUT2D eigenvalue weighted by molar-refractivity contribution is -0.140. The third-order valence-corrected chi connectivity index (χ3v) is 11.3. The summed E-state index contributed by atoms with van der Waals surface area (Å²) in [4.78, 5) is 71.6. The van der Waals surface area contributed by atoms with Gasteiger partial charge in [-0.25, -0.2) is 14.4 Å². The fourth-order valence-electron chi connectivity index (χ4n) is 7.94. The van der Waals surface area contributed by atoms with E-state index in [2.05, 4.69) is 21.3 Å². The number of aliphatic hydroxyl groups is 3. The zero-order chi connectivity index (χ0) is 52.8. The molecule has 0 fully saturated rings. The van der Waals surface area contributed by atoms with E-state index >= 15 is 0 Å². The molecular formula is C52H67N5O16. The summed E-state index contributed by atoms with van der Waals surface area (Å²) in [5, 5.41) is 53.6. The maximum Gasteiger partial charge on any atom is 0.407 e. The number of aliphatic carboxylic acids is 2. The van der Waals surface area contributed by atoms with Crippen LogP contribution >= 0.6 is 0 Å². The molecule has 21 nitrogen and oxygen atoms in total. The Kier molecular flexibility index (Phi) is 26.4. The van der Waals surface area contributed by atoms with E-state index in [1.807, 2.05) is 97.1 Å². The third-order valence-electron chi connectivity index (χ3n) is 11.3. The van der Waals surface area contributed by atoms with Crippen molar-refractivity contribution in [3.05, 3.63) is 119 Å². The summed E-state index contributed by atoms with van der Waals surface area (Å²) in [6, 6.07) is 29.4. The zero-order valence-electron chi connectivity index (χ0n) is 40.6. The molecule has 2 aliphatic rings. The molecule has 0 bridgehead atoms. The first-order chi connectivity index (χ1) is 35.4. The van der Waals surface area contributed by atoms with Crippen LogP contribution in [-0.4, -0.2) is 166 Å². The Balaban J connectivity index is 0.000000293. The monoisotopic (exact) mass is 1020 g/mol. The van der Waals surface area contributed by atoms with Gasteiger partial charge in [-0.1, -0.05) is 97.1 Å². The van der Waals surface area contributed by atoms with E-state index in [0.717, 1.165) is 44.5 Å². The zero-order valence-corrected chi connectivity index (χ0v) is 40.6. The van der Waals surface area contributed by atoms with Gasteiger partial charge in [-0.2, -0.15) is 0 Å². The first-order valence-corrected chi connectivity index (χ1v) is 23.9. The highest BCUT2D eigenvalue weighted by Gasteiger charge is 2.32. The third kappa shape index (κ3) is 19.5. The number of hydrogen-bond acceptors (Lipinski definition) is 15. The van der Waals surface area contributed by atoms with Crippen LogP contribution in [0.1, 0.15) is 59.8 Å². The standard InChI is InChI=1S/C28H37N3O8.C20H19NO6.C4H11NO2/c32-13-17-37-15-11-29-26(34)10-9-25(27(35)30-12-16-38-18-14-33)31-28(36)39-19-24-22-7-3-1-5-20(22)21-6-2-4-8-23(21)24;22-18(23)10-9-17(19(24)25)21-20(26)27-11-16-14-7-3-1-5-12(14)13-6-2-4-8-15(13)16;5-1-3-7-4-2-6/h1-8,24-25,32-33H,9-19H2,(H,29,34)(H,30,35)(H,31,36);1-8,16-17H,9-11H2,(H,21,26)(H,22,23)(H,24,25);6H,1-5H2. The number of carbonyl (C=O) groups excluding carboxylic acids is 4. The van der Waals surface area contributed by atoms with Crippen molar-refractivity contribution in [2.45, 2.75) is 49.6 Å². The molecule has 2 aliphatic carbocycles. The number of hydrogen-bond donors (Lipinski definition) is 10. The molecule has 0 aromatic heterocycles. The van der Waals surface area contributed by atoms with Crippen LogP contribution in [0.25, 0.3) is 22.3 Å². The molecule has 396 valence electrons. The second kappa shape index (κ2) is 32.9. The number of amides is 4. The van der Waals surface area contributed by atoms with Crippen molar-refractivity contribution in [3.8, 4) is 22.3 Å². The van der Waals surface area contributed by atoms with Gasteiger partial charge >= 0.3 is 24.1 Å². The summed E-state index contributed by atoms with van der Waals surface area (Å²) >= 11 is 0. The molecule has 4 aromatic rings. The highest BCUT2D eigenvalue weighted by molar-refractivity contribution is 5.87. The Morgan fingerprint density at radius 3 is 1.29 bits per heavy atom. The van der Waals surface area contributed by atoms with Crippen LogP contribution in [0.2, 0.25) is 0 Å². The summed E-state index contributed by atoms with van der Waals surface area (Å²) in [6.07, 6.45) is -2.17. The van der Waals surface area contributed by atoms with Gasteiger partial charge in [0, 0.05) is 44.3 Å². The van der Waals surface area contributed by atoms with Crippen LogP contribution in [-0.2, 0) is 42.9 Å². The maximum atomic E-state index is 12.8. The quantitative estimate of drug-likeness (QED) is 0.0366.